The van der Waals surface area contributed by atoms with Crippen molar-refractivity contribution in [3.8, 4) is 0 Å². The molecule has 0 saturated carbocycles. The Morgan fingerprint density at radius 3 is 2.12 bits per heavy atom. The van der Waals surface area contributed by atoms with Gasteiger partial charge in [0.15, 0.2) is 0 Å². The maximum Gasteiger partial charge on any atom is 0.259 e. The molecule has 2 nitrogen and oxygen atoms in total. The Balaban J connectivity index is 1.82. The molecule has 128 valence electrons. The standard InChI is InChI=1S/C23H18FNO/c1-16-7-13-20(14-8-16)25-15-21(17-5-3-2-4-6-17)22(23(25)26)18-9-11-19(24)12-10-18/h2-14H,15H2,1H3. The second-order valence-electron chi connectivity index (χ2n) is 6.45. The number of hydrogen-bond acceptors (Lipinski definition) is 1. The highest BCUT2D eigenvalue weighted by atomic mass is 19.1. The van der Waals surface area contributed by atoms with Crippen LogP contribution in [-0.4, -0.2) is 12.5 Å². The molecule has 0 aromatic heterocycles. The van der Waals surface area contributed by atoms with Gasteiger partial charge in [0.1, 0.15) is 5.82 Å². The minimum Gasteiger partial charge on any atom is -0.304 e. The molecule has 1 amide bonds. The summed E-state index contributed by atoms with van der Waals surface area (Å²) in [5, 5.41) is 0. The minimum atomic E-state index is -0.309. The molecule has 0 N–H and O–H groups in total. The zero-order valence-corrected chi connectivity index (χ0v) is 14.4. The number of rotatable bonds is 3. The van der Waals surface area contributed by atoms with E-state index in [1.807, 2.05) is 61.5 Å². The number of amides is 1. The van der Waals surface area contributed by atoms with Crippen LogP contribution in [0.5, 0.6) is 0 Å². The average Bonchev–Trinajstić information content (AvgIpc) is 3.01. The van der Waals surface area contributed by atoms with Crippen molar-refractivity contribution in [3.05, 3.63) is 101 Å². The summed E-state index contributed by atoms with van der Waals surface area (Å²) in [6, 6.07) is 23.9. The summed E-state index contributed by atoms with van der Waals surface area (Å²) < 4.78 is 13.4. The van der Waals surface area contributed by atoms with Crippen LogP contribution >= 0.6 is 0 Å². The summed E-state index contributed by atoms with van der Waals surface area (Å²) >= 11 is 0. The van der Waals surface area contributed by atoms with Crippen molar-refractivity contribution in [1.29, 1.82) is 0 Å². The van der Waals surface area contributed by atoms with Gasteiger partial charge in [-0.3, -0.25) is 4.79 Å². The summed E-state index contributed by atoms with van der Waals surface area (Å²) in [6.07, 6.45) is 0. The van der Waals surface area contributed by atoms with Crippen molar-refractivity contribution in [2.75, 3.05) is 11.4 Å². The molecule has 0 bridgehead atoms. The first-order valence-electron chi connectivity index (χ1n) is 8.56. The third-order valence-electron chi connectivity index (χ3n) is 4.68. The van der Waals surface area contributed by atoms with Crippen LogP contribution in [-0.2, 0) is 4.79 Å². The highest BCUT2D eigenvalue weighted by molar-refractivity contribution is 6.36. The fraction of sp³-hybridized carbons (Fsp3) is 0.0870. The summed E-state index contributed by atoms with van der Waals surface area (Å²) in [4.78, 5) is 15.0. The third-order valence-corrected chi connectivity index (χ3v) is 4.68. The third kappa shape index (κ3) is 2.92. The van der Waals surface area contributed by atoms with Crippen molar-refractivity contribution < 1.29 is 9.18 Å². The monoisotopic (exact) mass is 343 g/mol. The lowest BCUT2D eigenvalue weighted by atomic mass is 9.97. The van der Waals surface area contributed by atoms with Gasteiger partial charge in [0.2, 0.25) is 0 Å². The molecule has 1 heterocycles. The SMILES string of the molecule is Cc1ccc(N2CC(c3ccccc3)=C(c3ccc(F)cc3)C2=O)cc1. The van der Waals surface area contributed by atoms with E-state index in [4.69, 9.17) is 0 Å². The number of halogens is 1. The number of benzene rings is 3. The highest BCUT2D eigenvalue weighted by Crippen LogP contribution is 2.37. The molecule has 0 fully saturated rings. The largest absolute Gasteiger partial charge is 0.304 e. The maximum atomic E-state index is 13.4. The number of anilines is 1. The summed E-state index contributed by atoms with van der Waals surface area (Å²) in [5.74, 6) is -0.365. The first kappa shape index (κ1) is 16.3. The van der Waals surface area contributed by atoms with Crippen LogP contribution < -0.4 is 4.90 Å². The van der Waals surface area contributed by atoms with E-state index < -0.39 is 0 Å². The van der Waals surface area contributed by atoms with Crippen molar-refractivity contribution in [2.45, 2.75) is 6.92 Å². The second-order valence-corrected chi connectivity index (χ2v) is 6.45. The predicted molar refractivity (Wildman–Crippen MR) is 103 cm³/mol. The molecular formula is C23H18FNO. The van der Waals surface area contributed by atoms with Gasteiger partial charge in [0.05, 0.1) is 12.1 Å². The first-order valence-corrected chi connectivity index (χ1v) is 8.56. The second kappa shape index (κ2) is 6.60. The summed E-state index contributed by atoms with van der Waals surface area (Å²) in [5.41, 5.74) is 5.36. The Kier molecular flexibility index (Phi) is 4.13. The van der Waals surface area contributed by atoms with Gasteiger partial charge in [0.25, 0.3) is 5.91 Å². The molecule has 0 spiro atoms. The molecule has 4 rings (SSSR count). The quantitative estimate of drug-likeness (QED) is 0.648. The van der Waals surface area contributed by atoms with E-state index in [9.17, 15) is 9.18 Å². The van der Waals surface area contributed by atoms with Crippen molar-refractivity contribution in [3.63, 3.8) is 0 Å². The average molecular weight is 343 g/mol. The Morgan fingerprint density at radius 1 is 0.808 bits per heavy atom. The smallest absolute Gasteiger partial charge is 0.259 e. The van der Waals surface area contributed by atoms with E-state index in [1.165, 1.54) is 12.1 Å². The van der Waals surface area contributed by atoms with E-state index in [-0.39, 0.29) is 11.7 Å². The van der Waals surface area contributed by atoms with Gasteiger partial charge in [-0.2, -0.15) is 0 Å². The van der Waals surface area contributed by atoms with Crippen LogP contribution in [0.15, 0.2) is 78.9 Å². The van der Waals surface area contributed by atoms with E-state index in [0.717, 1.165) is 28.0 Å². The Bertz CT molecular complexity index is 973. The van der Waals surface area contributed by atoms with Crippen LogP contribution in [0.25, 0.3) is 11.1 Å². The number of hydrogen-bond donors (Lipinski definition) is 0. The molecule has 0 aliphatic carbocycles. The van der Waals surface area contributed by atoms with Crippen LogP contribution in [0.1, 0.15) is 16.7 Å². The van der Waals surface area contributed by atoms with Crippen molar-refractivity contribution >= 4 is 22.7 Å². The Morgan fingerprint density at radius 2 is 1.46 bits per heavy atom. The van der Waals surface area contributed by atoms with Gasteiger partial charge in [-0.15, -0.1) is 0 Å². The van der Waals surface area contributed by atoms with Gasteiger partial charge in [-0.05, 0) is 47.9 Å². The van der Waals surface area contributed by atoms with Gasteiger partial charge < -0.3 is 4.90 Å². The predicted octanol–water partition coefficient (Wildman–Crippen LogP) is 5.09. The van der Waals surface area contributed by atoms with Crippen molar-refractivity contribution in [1.82, 2.24) is 0 Å². The molecule has 26 heavy (non-hydrogen) atoms. The highest BCUT2D eigenvalue weighted by Gasteiger charge is 2.32. The molecule has 0 unspecified atom stereocenters. The number of carbonyl (C=O) groups is 1. The lowest BCUT2D eigenvalue weighted by molar-refractivity contribution is -0.112. The van der Waals surface area contributed by atoms with Crippen LogP contribution in [0.2, 0.25) is 0 Å². The Labute approximate surface area is 152 Å². The topological polar surface area (TPSA) is 20.3 Å². The zero-order valence-electron chi connectivity index (χ0n) is 14.4. The van der Waals surface area contributed by atoms with E-state index in [1.54, 1.807) is 17.0 Å². The molecule has 3 heteroatoms. The van der Waals surface area contributed by atoms with Gasteiger partial charge in [-0.25, -0.2) is 4.39 Å². The van der Waals surface area contributed by atoms with Gasteiger partial charge in [0, 0.05) is 5.69 Å². The molecule has 0 radical (unpaired) electrons. The summed E-state index contributed by atoms with van der Waals surface area (Å²) in [6.45, 7) is 2.52. The molecule has 0 saturated heterocycles. The normalized spacial score (nSPS) is 14.2. The molecule has 3 aromatic carbocycles. The molecule has 1 aliphatic rings. The molecular weight excluding hydrogens is 325 g/mol. The first-order chi connectivity index (χ1) is 12.6. The number of carbonyl (C=O) groups excluding carboxylic acids is 1. The fourth-order valence-electron chi connectivity index (χ4n) is 3.30. The fourth-order valence-corrected chi connectivity index (χ4v) is 3.30. The minimum absolute atomic E-state index is 0.0562. The van der Waals surface area contributed by atoms with E-state index in [2.05, 4.69) is 0 Å². The summed E-state index contributed by atoms with van der Waals surface area (Å²) in [7, 11) is 0. The lowest BCUT2D eigenvalue weighted by Gasteiger charge is -2.17. The van der Waals surface area contributed by atoms with E-state index >= 15 is 0 Å². The molecule has 0 atom stereocenters. The van der Waals surface area contributed by atoms with Crippen LogP contribution in [0, 0.1) is 12.7 Å². The van der Waals surface area contributed by atoms with Gasteiger partial charge in [-0.1, -0.05) is 60.2 Å². The number of nitrogens with zero attached hydrogens (tertiary/aromatic N) is 1. The van der Waals surface area contributed by atoms with Crippen LogP contribution in [0.4, 0.5) is 10.1 Å². The van der Waals surface area contributed by atoms with Gasteiger partial charge >= 0.3 is 0 Å². The molecule has 1 aliphatic heterocycles. The number of aryl methyl sites for hydroxylation is 1. The van der Waals surface area contributed by atoms with Crippen molar-refractivity contribution in [2.24, 2.45) is 0 Å². The van der Waals surface area contributed by atoms with E-state index in [0.29, 0.717) is 12.1 Å². The molecule has 3 aromatic rings. The lowest BCUT2D eigenvalue weighted by Crippen LogP contribution is -2.26. The Hall–Kier alpha value is -3.20. The maximum absolute atomic E-state index is 13.4. The van der Waals surface area contributed by atoms with Crippen LogP contribution in [0.3, 0.4) is 0 Å². The zero-order chi connectivity index (χ0) is 18.1.